The summed E-state index contributed by atoms with van der Waals surface area (Å²) in [5.74, 6) is -0.00407. The highest BCUT2D eigenvalue weighted by Gasteiger charge is 1.94. The number of Topliss-reactive ketones (excluding diaryl/α,β-unsaturated/α-hetero) is 1. The molecule has 0 unspecified atom stereocenters. The number of carbonyl (C=O) groups excluding carboxylic acids is 1. The van der Waals surface area contributed by atoms with Crippen LogP contribution in [0.5, 0.6) is 0 Å². The van der Waals surface area contributed by atoms with Gasteiger partial charge in [-0.05, 0) is 13.8 Å². The van der Waals surface area contributed by atoms with E-state index in [1.807, 2.05) is 6.92 Å². The van der Waals surface area contributed by atoms with Gasteiger partial charge in [-0.25, -0.2) is 0 Å². The summed E-state index contributed by atoms with van der Waals surface area (Å²) in [5, 5.41) is 0. The van der Waals surface area contributed by atoms with Crippen LogP contribution in [-0.4, -0.2) is 5.78 Å². The highest BCUT2D eigenvalue weighted by Crippen LogP contribution is 1.94. The molecular formula is C7H11NO. The van der Waals surface area contributed by atoms with Crippen LogP contribution in [0.4, 0.5) is 0 Å². The minimum Gasteiger partial charge on any atom is -0.404 e. The Labute approximate surface area is 55.1 Å². The summed E-state index contributed by atoms with van der Waals surface area (Å²) in [5.41, 5.74) is 5.68. The Balaban J connectivity index is 4.19. The Morgan fingerprint density at radius 2 is 2.11 bits per heavy atom. The number of nitrogens with two attached hydrogens (primary N) is 1. The lowest BCUT2D eigenvalue weighted by atomic mass is 10.2. The van der Waals surface area contributed by atoms with Gasteiger partial charge in [-0.15, -0.1) is 0 Å². The first-order valence-corrected chi connectivity index (χ1v) is 2.78. The Hall–Kier alpha value is -1.05. The number of carbonyl (C=O) groups is 1. The predicted octanol–water partition coefficient (Wildman–Crippen LogP) is 0.994. The molecule has 0 rings (SSSR count). The molecule has 0 atom stereocenters. The van der Waals surface area contributed by atoms with Gasteiger partial charge in [0.15, 0.2) is 5.78 Å². The zero-order chi connectivity index (χ0) is 7.28. The Morgan fingerprint density at radius 3 is 2.22 bits per heavy atom. The van der Waals surface area contributed by atoms with Crippen LogP contribution in [-0.2, 0) is 4.79 Å². The number of hydrogen-bond acceptors (Lipinski definition) is 2. The summed E-state index contributed by atoms with van der Waals surface area (Å²) >= 11 is 0. The maximum atomic E-state index is 10.6. The maximum Gasteiger partial charge on any atom is 0.161 e. The van der Waals surface area contributed by atoms with E-state index in [0.717, 1.165) is 0 Å². The Bertz CT molecular complexity index is 156. The fourth-order valence-corrected chi connectivity index (χ4v) is 0.470. The SMILES string of the molecule is C/C=C/C(=C\N)C(C)=O. The molecule has 0 aliphatic carbocycles. The minimum atomic E-state index is -0.00407. The molecule has 0 bridgehead atoms. The van der Waals surface area contributed by atoms with E-state index >= 15 is 0 Å². The van der Waals surface area contributed by atoms with Gasteiger partial charge in [-0.2, -0.15) is 0 Å². The summed E-state index contributed by atoms with van der Waals surface area (Å²) in [6, 6.07) is 0. The average Bonchev–Trinajstić information content (AvgIpc) is 1.82. The molecule has 50 valence electrons. The highest BCUT2D eigenvalue weighted by molar-refractivity contribution is 5.95. The zero-order valence-corrected chi connectivity index (χ0v) is 5.72. The first kappa shape index (κ1) is 7.95. The second-order valence-electron chi connectivity index (χ2n) is 1.68. The fraction of sp³-hybridized carbons (Fsp3) is 0.286. The van der Waals surface area contributed by atoms with Gasteiger partial charge in [0.05, 0.1) is 0 Å². The second kappa shape index (κ2) is 3.89. The van der Waals surface area contributed by atoms with E-state index in [1.165, 1.54) is 13.1 Å². The van der Waals surface area contributed by atoms with E-state index in [4.69, 9.17) is 5.73 Å². The lowest BCUT2D eigenvalue weighted by Crippen LogP contribution is -1.96. The van der Waals surface area contributed by atoms with Crippen molar-refractivity contribution >= 4 is 5.78 Å². The van der Waals surface area contributed by atoms with Gasteiger partial charge in [-0.3, -0.25) is 4.79 Å². The molecule has 0 aromatic carbocycles. The van der Waals surface area contributed by atoms with Gasteiger partial charge in [0.1, 0.15) is 0 Å². The van der Waals surface area contributed by atoms with Crippen molar-refractivity contribution in [1.29, 1.82) is 0 Å². The third-order valence-electron chi connectivity index (χ3n) is 0.932. The van der Waals surface area contributed by atoms with Crippen molar-refractivity contribution in [2.45, 2.75) is 13.8 Å². The molecule has 2 heteroatoms. The molecule has 0 fully saturated rings. The first-order valence-electron chi connectivity index (χ1n) is 2.78. The summed E-state index contributed by atoms with van der Waals surface area (Å²) in [4.78, 5) is 10.6. The minimum absolute atomic E-state index is 0.00407. The van der Waals surface area contributed by atoms with Crippen LogP contribution in [0.2, 0.25) is 0 Å². The topological polar surface area (TPSA) is 43.1 Å². The average molecular weight is 125 g/mol. The number of rotatable bonds is 2. The van der Waals surface area contributed by atoms with Gasteiger partial charge in [0.25, 0.3) is 0 Å². The maximum absolute atomic E-state index is 10.6. The molecule has 0 heterocycles. The zero-order valence-electron chi connectivity index (χ0n) is 5.72. The van der Waals surface area contributed by atoms with Crippen LogP contribution in [0.1, 0.15) is 13.8 Å². The van der Waals surface area contributed by atoms with Crippen molar-refractivity contribution in [3.63, 3.8) is 0 Å². The molecule has 0 radical (unpaired) electrons. The van der Waals surface area contributed by atoms with E-state index in [-0.39, 0.29) is 5.78 Å². The molecule has 0 aliphatic rings. The van der Waals surface area contributed by atoms with Crippen LogP contribution in [0.3, 0.4) is 0 Å². The fourth-order valence-electron chi connectivity index (χ4n) is 0.470. The molecule has 0 saturated carbocycles. The van der Waals surface area contributed by atoms with Gasteiger partial charge in [-0.1, -0.05) is 12.2 Å². The molecule has 2 N–H and O–H groups in total. The lowest BCUT2D eigenvalue weighted by Gasteiger charge is -1.89. The van der Waals surface area contributed by atoms with Gasteiger partial charge in [0, 0.05) is 11.8 Å². The predicted molar refractivity (Wildman–Crippen MR) is 37.8 cm³/mol. The van der Waals surface area contributed by atoms with E-state index in [1.54, 1.807) is 12.2 Å². The third kappa shape index (κ3) is 2.69. The normalized spacial score (nSPS) is 12.4. The van der Waals surface area contributed by atoms with Crippen LogP contribution in [0, 0.1) is 0 Å². The summed E-state index contributed by atoms with van der Waals surface area (Å²) in [6.45, 7) is 3.32. The number of hydrogen-bond donors (Lipinski definition) is 1. The van der Waals surface area contributed by atoms with Crippen LogP contribution >= 0.6 is 0 Å². The molecular weight excluding hydrogens is 114 g/mol. The summed E-state index contributed by atoms with van der Waals surface area (Å²) < 4.78 is 0. The van der Waals surface area contributed by atoms with Crippen LogP contribution < -0.4 is 5.73 Å². The van der Waals surface area contributed by atoms with Crippen LogP contribution in [0.15, 0.2) is 23.9 Å². The highest BCUT2D eigenvalue weighted by atomic mass is 16.1. The van der Waals surface area contributed by atoms with E-state index in [2.05, 4.69) is 0 Å². The molecule has 0 saturated heterocycles. The summed E-state index contributed by atoms with van der Waals surface area (Å²) in [6.07, 6.45) is 4.77. The van der Waals surface area contributed by atoms with Gasteiger partial charge in [0.2, 0.25) is 0 Å². The second-order valence-corrected chi connectivity index (χ2v) is 1.68. The van der Waals surface area contributed by atoms with E-state index in [0.29, 0.717) is 5.57 Å². The molecule has 0 amide bonds. The van der Waals surface area contributed by atoms with Gasteiger partial charge >= 0.3 is 0 Å². The van der Waals surface area contributed by atoms with Crippen molar-refractivity contribution in [3.05, 3.63) is 23.9 Å². The van der Waals surface area contributed by atoms with Crippen molar-refractivity contribution in [1.82, 2.24) is 0 Å². The van der Waals surface area contributed by atoms with Crippen molar-refractivity contribution in [2.24, 2.45) is 5.73 Å². The van der Waals surface area contributed by atoms with Gasteiger partial charge < -0.3 is 5.73 Å². The largest absolute Gasteiger partial charge is 0.404 e. The quantitative estimate of drug-likeness (QED) is 0.442. The Kier molecular flexibility index (Phi) is 3.44. The van der Waals surface area contributed by atoms with Crippen molar-refractivity contribution in [2.75, 3.05) is 0 Å². The molecule has 9 heavy (non-hydrogen) atoms. The monoisotopic (exact) mass is 125 g/mol. The molecule has 0 aromatic rings. The smallest absolute Gasteiger partial charge is 0.161 e. The summed E-state index contributed by atoms with van der Waals surface area (Å²) in [7, 11) is 0. The van der Waals surface area contributed by atoms with Crippen molar-refractivity contribution < 1.29 is 4.79 Å². The third-order valence-corrected chi connectivity index (χ3v) is 0.932. The van der Waals surface area contributed by atoms with E-state index in [9.17, 15) is 4.79 Å². The van der Waals surface area contributed by atoms with Crippen LogP contribution in [0.25, 0.3) is 0 Å². The lowest BCUT2D eigenvalue weighted by molar-refractivity contribution is -0.113. The molecule has 0 aromatic heterocycles. The van der Waals surface area contributed by atoms with Crippen molar-refractivity contribution in [3.8, 4) is 0 Å². The number of allylic oxidation sites excluding steroid dienone is 3. The van der Waals surface area contributed by atoms with E-state index < -0.39 is 0 Å². The Morgan fingerprint density at radius 1 is 1.56 bits per heavy atom. The number of ketones is 1. The molecule has 2 nitrogen and oxygen atoms in total. The molecule has 0 aliphatic heterocycles. The standard InChI is InChI=1S/C7H11NO/c1-3-4-7(5-8)6(2)9/h3-5H,8H2,1-2H3/b4-3+,7-5+. The molecule has 0 spiro atoms. The first-order chi connectivity index (χ1) is 4.22.